The molecule has 0 fully saturated rings. The molecule has 0 spiro atoms. The van der Waals surface area contributed by atoms with Gasteiger partial charge in [-0.2, -0.15) is 0 Å². The van der Waals surface area contributed by atoms with Crippen molar-refractivity contribution < 1.29 is 9.53 Å². The number of carbonyl (C=O) groups excluding carboxylic acids is 1. The number of aromatic nitrogens is 2. The molecule has 0 saturated heterocycles. The number of ether oxygens (including phenoxy) is 1. The van der Waals surface area contributed by atoms with Gasteiger partial charge >= 0.3 is 5.97 Å². The highest BCUT2D eigenvalue weighted by Gasteiger charge is 2.35. The summed E-state index contributed by atoms with van der Waals surface area (Å²) in [6.07, 6.45) is 3.97. The van der Waals surface area contributed by atoms with E-state index in [9.17, 15) is 9.59 Å². The van der Waals surface area contributed by atoms with Gasteiger partial charge in [0.2, 0.25) is 0 Å². The smallest absolute Gasteiger partial charge is 0.338 e. The minimum atomic E-state index is -0.732. The quantitative estimate of drug-likeness (QED) is 0.150. The van der Waals surface area contributed by atoms with Crippen LogP contribution in [0.2, 0.25) is 10.0 Å². The first kappa shape index (κ1) is 32.8. The molecule has 0 radical (unpaired) electrons. The van der Waals surface area contributed by atoms with Crippen LogP contribution in [0.3, 0.4) is 0 Å². The van der Waals surface area contributed by atoms with Crippen LogP contribution in [-0.4, -0.2) is 21.7 Å². The van der Waals surface area contributed by atoms with Crippen LogP contribution in [0.1, 0.15) is 60.5 Å². The molecule has 0 bridgehead atoms. The number of nitrogens with zero attached hydrogens (tertiary/aromatic N) is 3. The van der Waals surface area contributed by atoms with Crippen LogP contribution >= 0.6 is 34.5 Å². The van der Waals surface area contributed by atoms with E-state index in [1.54, 1.807) is 17.6 Å². The molecule has 1 aliphatic rings. The van der Waals surface area contributed by atoms with Gasteiger partial charge < -0.3 is 9.30 Å². The topological polar surface area (TPSA) is 65.6 Å². The number of benzene rings is 4. The predicted molar refractivity (Wildman–Crippen MR) is 199 cm³/mol. The van der Waals surface area contributed by atoms with Crippen molar-refractivity contribution in [3.8, 4) is 0 Å². The molecule has 2 aromatic heterocycles. The number of thiazole rings is 1. The van der Waals surface area contributed by atoms with Crippen LogP contribution in [0, 0.1) is 0 Å². The lowest BCUT2D eigenvalue weighted by atomic mass is 9.91. The first-order chi connectivity index (χ1) is 23.7. The van der Waals surface area contributed by atoms with Gasteiger partial charge in [-0.05, 0) is 53.8 Å². The van der Waals surface area contributed by atoms with E-state index >= 15 is 0 Å². The molecular weight excluding hydrogens is 673 g/mol. The largest absolute Gasteiger partial charge is 0.463 e. The molecular formula is C40H33Cl2N3O3S. The van der Waals surface area contributed by atoms with Crippen molar-refractivity contribution in [2.24, 2.45) is 4.99 Å². The van der Waals surface area contributed by atoms with Gasteiger partial charge in [-0.25, -0.2) is 9.79 Å². The van der Waals surface area contributed by atoms with E-state index < -0.39 is 12.0 Å². The zero-order valence-electron chi connectivity index (χ0n) is 27.2. The van der Waals surface area contributed by atoms with Crippen molar-refractivity contribution in [1.29, 1.82) is 0 Å². The van der Waals surface area contributed by atoms with E-state index in [0.29, 0.717) is 43.1 Å². The average molecular weight is 707 g/mol. The third kappa shape index (κ3) is 6.30. The van der Waals surface area contributed by atoms with Crippen molar-refractivity contribution in [3.63, 3.8) is 0 Å². The van der Waals surface area contributed by atoms with E-state index in [1.165, 1.54) is 16.9 Å². The van der Waals surface area contributed by atoms with E-state index in [-0.39, 0.29) is 12.2 Å². The monoisotopic (exact) mass is 705 g/mol. The van der Waals surface area contributed by atoms with Crippen molar-refractivity contribution in [3.05, 3.63) is 166 Å². The Morgan fingerprint density at radius 1 is 0.959 bits per heavy atom. The van der Waals surface area contributed by atoms with Crippen LogP contribution in [-0.2, 0) is 16.1 Å². The van der Waals surface area contributed by atoms with Crippen molar-refractivity contribution in [1.82, 2.24) is 9.13 Å². The van der Waals surface area contributed by atoms with E-state index in [2.05, 4.69) is 42.7 Å². The average Bonchev–Trinajstić information content (AvgIpc) is 3.61. The second-order valence-corrected chi connectivity index (χ2v) is 14.1. The zero-order chi connectivity index (χ0) is 34.2. The SMILES string of the molecule is CCOC(=O)C1=C(c2ccccc2)N=c2s/c(=C\c3cn(Cc4ccc(Cl)c(Cl)c4)c4ccccc34)c(=O)n2[C@@H]1c1ccc(C(C)C)cc1. The first-order valence-corrected chi connectivity index (χ1v) is 17.7. The molecule has 0 aliphatic carbocycles. The van der Waals surface area contributed by atoms with Crippen LogP contribution < -0.4 is 14.9 Å². The Kier molecular flexibility index (Phi) is 9.16. The van der Waals surface area contributed by atoms with Crippen LogP contribution in [0.15, 0.2) is 119 Å². The molecule has 9 heteroatoms. The van der Waals surface area contributed by atoms with Gasteiger partial charge in [0.15, 0.2) is 4.80 Å². The summed E-state index contributed by atoms with van der Waals surface area (Å²) < 4.78 is 9.92. The van der Waals surface area contributed by atoms with Gasteiger partial charge in [-0.15, -0.1) is 0 Å². The molecule has 246 valence electrons. The highest BCUT2D eigenvalue weighted by atomic mass is 35.5. The number of carbonyl (C=O) groups is 1. The molecule has 0 saturated carbocycles. The fraction of sp³-hybridized carbons (Fsp3) is 0.175. The molecule has 49 heavy (non-hydrogen) atoms. The van der Waals surface area contributed by atoms with E-state index in [4.69, 9.17) is 32.9 Å². The molecule has 7 rings (SSSR count). The van der Waals surface area contributed by atoms with E-state index in [0.717, 1.165) is 33.2 Å². The van der Waals surface area contributed by atoms with E-state index in [1.807, 2.05) is 79.0 Å². The third-order valence-electron chi connectivity index (χ3n) is 8.74. The first-order valence-electron chi connectivity index (χ1n) is 16.1. The maximum atomic E-state index is 14.5. The van der Waals surface area contributed by atoms with Gasteiger partial charge in [0, 0.05) is 34.8 Å². The number of fused-ring (bicyclic) bond motifs is 2. The van der Waals surface area contributed by atoms with Crippen molar-refractivity contribution >= 4 is 63.2 Å². The third-order valence-corrected chi connectivity index (χ3v) is 10.5. The molecule has 0 N–H and O–H groups in total. The number of para-hydroxylation sites is 1. The fourth-order valence-electron chi connectivity index (χ4n) is 6.32. The van der Waals surface area contributed by atoms with Gasteiger partial charge in [0.25, 0.3) is 5.56 Å². The number of hydrogen-bond donors (Lipinski definition) is 0. The van der Waals surface area contributed by atoms with Crippen LogP contribution in [0.25, 0.3) is 22.7 Å². The van der Waals surface area contributed by atoms with Gasteiger partial charge in [-0.3, -0.25) is 9.36 Å². The summed E-state index contributed by atoms with van der Waals surface area (Å²) >= 11 is 13.8. The lowest BCUT2D eigenvalue weighted by molar-refractivity contribution is -0.138. The Hall–Kier alpha value is -4.69. The molecule has 1 aliphatic heterocycles. The lowest BCUT2D eigenvalue weighted by Crippen LogP contribution is -2.40. The second kappa shape index (κ2) is 13.7. The maximum Gasteiger partial charge on any atom is 0.338 e. The summed E-state index contributed by atoms with van der Waals surface area (Å²) in [4.78, 5) is 33.9. The second-order valence-electron chi connectivity index (χ2n) is 12.2. The molecule has 1 atom stereocenters. The summed E-state index contributed by atoms with van der Waals surface area (Å²) in [7, 11) is 0. The zero-order valence-corrected chi connectivity index (χ0v) is 29.5. The summed E-state index contributed by atoms with van der Waals surface area (Å²) in [5.74, 6) is -0.169. The number of rotatable bonds is 8. The number of esters is 1. The Morgan fingerprint density at radius 2 is 1.69 bits per heavy atom. The summed E-state index contributed by atoms with van der Waals surface area (Å²) in [5, 5.41) is 2.02. The normalized spacial score (nSPS) is 14.7. The van der Waals surface area contributed by atoms with Crippen LogP contribution in [0.5, 0.6) is 0 Å². The minimum absolute atomic E-state index is 0.195. The molecule has 3 heterocycles. The summed E-state index contributed by atoms with van der Waals surface area (Å²) in [5.41, 5.74) is 6.28. The Balaban J connectivity index is 1.43. The number of halogens is 2. The Morgan fingerprint density at radius 3 is 2.41 bits per heavy atom. The minimum Gasteiger partial charge on any atom is -0.463 e. The fourth-order valence-corrected chi connectivity index (χ4v) is 7.63. The molecule has 6 aromatic rings. The summed E-state index contributed by atoms with van der Waals surface area (Å²) in [6.45, 7) is 6.82. The van der Waals surface area contributed by atoms with Crippen molar-refractivity contribution in [2.75, 3.05) is 6.61 Å². The standard InChI is InChI=1S/C40H33Cl2N3O3S/c1-4-48-39(47)35-36(27-10-6-5-7-11-27)43-40-45(37(35)28-17-15-26(16-18-28)24(2)3)38(46)34(49-40)21-29-23-44(33-13-9-8-12-30(29)33)22-25-14-19-31(41)32(42)20-25/h5-21,23-24,37H,4,22H2,1-3H3/b34-21-/t37-/m1/s1. The van der Waals surface area contributed by atoms with Gasteiger partial charge in [0.05, 0.1) is 38.5 Å². The highest BCUT2D eigenvalue weighted by Crippen LogP contribution is 2.36. The molecule has 0 amide bonds. The lowest BCUT2D eigenvalue weighted by Gasteiger charge is -2.26. The van der Waals surface area contributed by atoms with Crippen molar-refractivity contribution in [2.45, 2.75) is 39.3 Å². The molecule has 4 aromatic carbocycles. The van der Waals surface area contributed by atoms with Gasteiger partial charge in [0.1, 0.15) is 0 Å². The number of hydrogen-bond acceptors (Lipinski definition) is 5. The predicted octanol–water partition coefficient (Wildman–Crippen LogP) is 8.37. The van der Waals surface area contributed by atoms with Gasteiger partial charge in [-0.1, -0.05) is 127 Å². The Labute approximate surface area is 297 Å². The maximum absolute atomic E-state index is 14.5. The summed E-state index contributed by atoms with van der Waals surface area (Å²) in [6, 6.07) is 30.7. The highest BCUT2D eigenvalue weighted by molar-refractivity contribution is 7.07. The Bertz CT molecular complexity index is 2420. The van der Waals surface area contributed by atoms with Crippen LogP contribution in [0.4, 0.5) is 0 Å². The molecule has 6 nitrogen and oxygen atoms in total. The molecule has 0 unspecified atom stereocenters.